The van der Waals surface area contributed by atoms with Crippen molar-refractivity contribution in [1.82, 2.24) is 5.32 Å². The minimum atomic E-state index is -0.296. The zero-order chi connectivity index (χ0) is 11.8. The van der Waals surface area contributed by atoms with Crippen LogP contribution in [0.15, 0.2) is 30.3 Å². The number of methoxy groups -OCH3 is 2. The number of ether oxygens (including phenoxy) is 2. The van der Waals surface area contributed by atoms with Crippen LogP contribution in [0.2, 0.25) is 0 Å². The number of rotatable bonds is 6. The summed E-state index contributed by atoms with van der Waals surface area (Å²) >= 11 is 0. The van der Waals surface area contributed by atoms with E-state index >= 15 is 0 Å². The van der Waals surface area contributed by atoms with Gasteiger partial charge >= 0.3 is 5.97 Å². The molecule has 88 valence electrons. The van der Waals surface area contributed by atoms with E-state index in [2.05, 4.69) is 10.1 Å². The van der Waals surface area contributed by atoms with Crippen molar-refractivity contribution < 1.29 is 14.3 Å². The third kappa shape index (κ3) is 4.42. The first-order valence-corrected chi connectivity index (χ1v) is 5.13. The highest BCUT2D eigenvalue weighted by atomic mass is 16.5. The van der Waals surface area contributed by atoms with Crippen LogP contribution >= 0.6 is 0 Å². The first-order valence-electron chi connectivity index (χ1n) is 5.13. The topological polar surface area (TPSA) is 47.6 Å². The molecule has 0 aliphatic carbocycles. The SMILES string of the molecule is COC(=O)CNC(Cc1ccccc1)OC. The molecule has 0 aromatic heterocycles. The number of nitrogens with one attached hydrogen (secondary N) is 1. The van der Waals surface area contributed by atoms with Crippen LogP contribution in [0, 0.1) is 0 Å². The highest BCUT2D eigenvalue weighted by Gasteiger charge is 2.09. The lowest BCUT2D eigenvalue weighted by molar-refractivity contribution is -0.140. The minimum absolute atomic E-state index is 0.155. The third-order valence-electron chi connectivity index (χ3n) is 2.25. The molecule has 4 heteroatoms. The Labute approximate surface area is 95.6 Å². The Bertz CT molecular complexity index is 313. The summed E-state index contributed by atoms with van der Waals surface area (Å²) in [6, 6.07) is 9.95. The van der Waals surface area contributed by atoms with Crippen molar-refractivity contribution >= 4 is 5.97 Å². The van der Waals surface area contributed by atoms with Gasteiger partial charge in [0.2, 0.25) is 0 Å². The lowest BCUT2D eigenvalue weighted by atomic mass is 10.1. The van der Waals surface area contributed by atoms with E-state index in [1.807, 2.05) is 30.3 Å². The van der Waals surface area contributed by atoms with Crippen LogP contribution in [0.1, 0.15) is 5.56 Å². The maximum absolute atomic E-state index is 10.9. The van der Waals surface area contributed by atoms with Crippen LogP contribution in [-0.2, 0) is 20.7 Å². The predicted octanol–water partition coefficient (Wildman–Crippen LogP) is 0.964. The number of hydrogen-bond acceptors (Lipinski definition) is 4. The summed E-state index contributed by atoms with van der Waals surface area (Å²) in [5.74, 6) is -0.296. The second-order valence-electron chi connectivity index (χ2n) is 3.37. The maximum Gasteiger partial charge on any atom is 0.319 e. The summed E-state index contributed by atoms with van der Waals surface area (Å²) in [6.07, 6.45) is 0.537. The van der Waals surface area contributed by atoms with Gasteiger partial charge in [-0.25, -0.2) is 0 Å². The van der Waals surface area contributed by atoms with E-state index in [-0.39, 0.29) is 18.7 Å². The van der Waals surface area contributed by atoms with E-state index in [1.165, 1.54) is 7.11 Å². The summed E-state index contributed by atoms with van der Waals surface area (Å²) < 4.78 is 9.77. The number of carbonyl (C=O) groups excluding carboxylic acids is 1. The average Bonchev–Trinajstić information content (AvgIpc) is 2.35. The predicted molar refractivity (Wildman–Crippen MR) is 61.0 cm³/mol. The number of hydrogen-bond donors (Lipinski definition) is 1. The van der Waals surface area contributed by atoms with Crippen molar-refractivity contribution in [2.75, 3.05) is 20.8 Å². The van der Waals surface area contributed by atoms with Gasteiger partial charge in [0.05, 0.1) is 13.7 Å². The van der Waals surface area contributed by atoms with E-state index in [0.29, 0.717) is 6.42 Å². The maximum atomic E-state index is 10.9. The number of carbonyl (C=O) groups is 1. The fraction of sp³-hybridized carbons (Fsp3) is 0.417. The quantitative estimate of drug-likeness (QED) is 0.576. The van der Waals surface area contributed by atoms with Gasteiger partial charge in [-0.1, -0.05) is 30.3 Å². The smallest absolute Gasteiger partial charge is 0.319 e. The van der Waals surface area contributed by atoms with Gasteiger partial charge in [-0.15, -0.1) is 0 Å². The molecule has 1 unspecified atom stereocenters. The zero-order valence-corrected chi connectivity index (χ0v) is 9.60. The number of benzene rings is 1. The molecule has 1 aromatic carbocycles. The molecule has 0 spiro atoms. The zero-order valence-electron chi connectivity index (χ0n) is 9.60. The fourth-order valence-corrected chi connectivity index (χ4v) is 1.34. The van der Waals surface area contributed by atoms with Gasteiger partial charge in [0.25, 0.3) is 0 Å². The fourth-order valence-electron chi connectivity index (χ4n) is 1.34. The molecule has 0 aliphatic heterocycles. The molecular formula is C12H17NO3. The summed E-state index contributed by atoms with van der Waals surface area (Å²) in [4.78, 5) is 10.9. The van der Waals surface area contributed by atoms with Gasteiger partial charge in [-0.2, -0.15) is 0 Å². The molecule has 1 aromatic rings. The van der Waals surface area contributed by atoms with Crippen LogP contribution in [0.3, 0.4) is 0 Å². The molecule has 0 amide bonds. The highest BCUT2D eigenvalue weighted by Crippen LogP contribution is 2.03. The Balaban J connectivity index is 2.40. The van der Waals surface area contributed by atoms with Crippen LogP contribution in [-0.4, -0.2) is 33.0 Å². The molecule has 1 atom stereocenters. The van der Waals surface area contributed by atoms with Crippen molar-refractivity contribution in [2.24, 2.45) is 0 Å². The summed E-state index contributed by atoms with van der Waals surface area (Å²) in [5.41, 5.74) is 1.16. The molecule has 16 heavy (non-hydrogen) atoms. The first kappa shape index (κ1) is 12.7. The normalized spacial score (nSPS) is 12.1. The molecule has 0 fully saturated rings. The van der Waals surface area contributed by atoms with E-state index in [9.17, 15) is 4.79 Å². The van der Waals surface area contributed by atoms with Gasteiger partial charge in [-0.3, -0.25) is 10.1 Å². The lowest BCUT2D eigenvalue weighted by Crippen LogP contribution is -2.37. The molecule has 0 aliphatic rings. The van der Waals surface area contributed by atoms with E-state index in [4.69, 9.17) is 4.74 Å². The van der Waals surface area contributed by atoms with Crippen LogP contribution in [0.25, 0.3) is 0 Å². The van der Waals surface area contributed by atoms with Crippen LogP contribution in [0.5, 0.6) is 0 Å². The summed E-state index contributed by atoms with van der Waals surface area (Å²) in [6.45, 7) is 0.155. The van der Waals surface area contributed by atoms with Gasteiger partial charge in [0.1, 0.15) is 6.23 Å². The third-order valence-corrected chi connectivity index (χ3v) is 2.25. The molecule has 0 bridgehead atoms. The van der Waals surface area contributed by atoms with E-state index in [1.54, 1.807) is 7.11 Å². The van der Waals surface area contributed by atoms with Gasteiger partial charge in [0.15, 0.2) is 0 Å². The average molecular weight is 223 g/mol. The molecule has 0 saturated carbocycles. The van der Waals surface area contributed by atoms with Gasteiger partial charge in [-0.05, 0) is 5.56 Å². The lowest BCUT2D eigenvalue weighted by Gasteiger charge is -2.16. The van der Waals surface area contributed by atoms with Crippen molar-refractivity contribution in [3.63, 3.8) is 0 Å². The Morgan fingerprint density at radius 1 is 1.31 bits per heavy atom. The first-order chi connectivity index (χ1) is 7.76. The van der Waals surface area contributed by atoms with Crippen molar-refractivity contribution in [3.05, 3.63) is 35.9 Å². The largest absolute Gasteiger partial charge is 0.468 e. The standard InChI is InChI=1S/C12H17NO3/c1-15-11(13-9-12(14)16-2)8-10-6-4-3-5-7-10/h3-7,11,13H,8-9H2,1-2H3. The van der Waals surface area contributed by atoms with E-state index < -0.39 is 0 Å². The number of esters is 1. The van der Waals surface area contributed by atoms with E-state index in [0.717, 1.165) is 5.56 Å². The van der Waals surface area contributed by atoms with Crippen molar-refractivity contribution in [3.8, 4) is 0 Å². The molecule has 1 N–H and O–H groups in total. The monoisotopic (exact) mass is 223 g/mol. The Morgan fingerprint density at radius 2 is 2.00 bits per heavy atom. The molecule has 0 radical (unpaired) electrons. The molecule has 0 saturated heterocycles. The minimum Gasteiger partial charge on any atom is -0.468 e. The Hall–Kier alpha value is -1.39. The summed E-state index contributed by atoms with van der Waals surface area (Å²) in [5, 5.41) is 2.97. The van der Waals surface area contributed by atoms with Crippen LogP contribution in [0.4, 0.5) is 0 Å². The van der Waals surface area contributed by atoms with Crippen LogP contribution < -0.4 is 5.32 Å². The second kappa shape index (κ2) is 6.98. The Kier molecular flexibility index (Phi) is 5.53. The van der Waals surface area contributed by atoms with Gasteiger partial charge in [0, 0.05) is 13.5 Å². The molecule has 0 heterocycles. The van der Waals surface area contributed by atoms with Crippen molar-refractivity contribution in [2.45, 2.75) is 12.6 Å². The highest BCUT2D eigenvalue weighted by molar-refractivity contribution is 5.71. The Morgan fingerprint density at radius 3 is 2.56 bits per heavy atom. The molecule has 4 nitrogen and oxygen atoms in total. The second-order valence-corrected chi connectivity index (χ2v) is 3.37. The van der Waals surface area contributed by atoms with Gasteiger partial charge < -0.3 is 9.47 Å². The summed E-state index contributed by atoms with van der Waals surface area (Å²) in [7, 11) is 2.97. The molecular weight excluding hydrogens is 206 g/mol. The molecule has 1 rings (SSSR count). The van der Waals surface area contributed by atoms with Crippen molar-refractivity contribution in [1.29, 1.82) is 0 Å².